The number of rotatable bonds is 5. The molecule has 1 aliphatic rings. The quantitative estimate of drug-likeness (QED) is 0.844. The maximum Gasteiger partial charge on any atom is 0.309 e. The molecule has 1 fully saturated rings. The average molecular weight is 291 g/mol. The summed E-state index contributed by atoms with van der Waals surface area (Å²) in [5.41, 5.74) is 6.99. The zero-order valence-electron chi connectivity index (χ0n) is 12.7. The molecule has 1 amide bonds. The first-order valence-corrected chi connectivity index (χ1v) is 7.04. The molecule has 1 aliphatic carbocycles. The monoisotopic (exact) mass is 291 g/mol. The number of carbonyl (C=O) groups is 2. The fourth-order valence-corrected chi connectivity index (χ4v) is 2.69. The molecular weight excluding hydrogens is 270 g/mol. The maximum absolute atomic E-state index is 11.6. The highest BCUT2D eigenvalue weighted by molar-refractivity contribution is 5.93. The Balaban J connectivity index is 2.26. The minimum Gasteiger partial charge on any atom is -0.486 e. The molecule has 0 spiro atoms. The van der Waals surface area contributed by atoms with Crippen molar-refractivity contribution < 1.29 is 19.1 Å². The molecule has 0 atom stereocenters. The smallest absolute Gasteiger partial charge is 0.309 e. The van der Waals surface area contributed by atoms with E-state index in [1.165, 1.54) is 7.11 Å². The van der Waals surface area contributed by atoms with Gasteiger partial charge < -0.3 is 15.2 Å². The second kappa shape index (κ2) is 5.76. The molecular formula is C16H21NO4. The molecule has 21 heavy (non-hydrogen) atoms. The second-order valence-corrected chi connectivity index (χ2v) is 5.69. The van der Waals surface area contributed by atoms with Crippen LogP contribution < -0.4 is 10.5 Å². The molecule has 5 nitrogen and oxygen atoms in total. The third-order valence-corrected chi connectivity index (χ3v) is 4.02. The normalized spacial score (nSPS) is 16.0. The Morgan fingerprint density at radius 3 is 2.19 bits per heavy atom. The predicted molar refractivity (Wildman–Crippen MR) is 78.3 cm³/mol. The van der Waals surface area contributed by atoms with Crippen molar-refractivity contribution in [3.05, 3.63) is 28.8 Å². The summed E-state index contributed by atoms with van der Waals surface area (Å²) >= 11 is 0. The van der Waals surface area contributed by atoms with E-state index >= 15 is 0 Å². The standard InChI is InChI=1S/C16H21NO4/c1-10-7-12(15(17)19)8-11(2)14(10)21-16(5-4-6-16)9-13(18)20-3/h7-8H,4-6,9H2,1-3H3,(H2,17,19). The summed E-state index contributed by atoms with van der Waals surface area (Å²) in [7, 11) is 1.38. The van der Waals surface area contributed by atoms with Crippen LogP contribution in [0.15, 0.2) is 12.1 Å². The topological polar surface area (TPSA) is 78.6 Å². The predicted octanol–water partition coefficient (Wildman–Crippen LogP) is 2.27. The van der Waals surface area contributed by atoms with Gasteiger partial charge in [-0.1, -0.05) is 0 Å². The summed E-state index contributed by atoms with van der Waals surface area (Å²) < 4.78 is 10.9. The molecule has 2 N–H and O–H groups in total. The summed E-state index contributed by atoms with van der Waals surface area (Å²) in [6.07, 6.45) is 2.95. The number of carbonyl (C=O) groups excluding carboxylic acids is 2. The Morgan fingerprint density at radius 1 is 1.24 bits per heavy atom. The fraction of sp³-hybridized carbons (Fsp3) is 0.500. The van der Waals surface area contributed by atoms with Crippen LogP contribution in [0.4, 0.5) is 0 Å². The number of methoxy groups -OCH3 is 1. The van der Waals surface area contributed by atoms with Gasteiger partial charge in [-0.2, -0.15) is 0 Å². The van der Waals surface area contributed by atoms with Gasteiger partial charge in [0.2, 0.25) is 5.91 Å². The number of primary amides is 1. The summed E-state index contributed by atoms with van der Waals surface area (Å²) in [5.74, 6) is 0.00281. The van der Waals surface area contributed by atoms with E-state index in [1.54, 1.807) is 12.1 Å². The number of hydrogen-bond acceptors (Lipinski definition) is 4. The van der Waals surface area contributed by atoms with Crippen molar-refractivity contribution in [1.29, 1.82) is 0 Å². The molecule has 2 rings (SSSR count). The highest BCUT2D eigenvalue weighted by atomic mass is 16.5. The lowest BCUT2D eigenvalue weighted by Crippen LogP contribution is -2.45. The van der Waals surface area contributed by atoms with Crippen LogP contribution >= 0.6 is 0 Å². The summed E-state index contributed by atoms with van der Waals surface area (Å²) in [6, 6.07) is 3.43. The van der Waals surface area contributed by atoms with Crippen molar-refractivity contribution in [3.63, 3.8) is 0 Å². The lowest BCUT2D eigenvalue weighted by molar-refractivity contribution is -0.148. The van der Waals surface area contributed by atoms with Crippen molar-refractivity contribution in [2.24, 2.45) is 5.73 Å². The van der Waals surface area contributed by atoms with Gasteiger partial charge in [0, 0.05) is 5.56 Å². The Bertz CT molecular complexity index is 553. The molecule has 5 heteroatoms. The van der Waals surface area contributed by atoms with E-state index in [1.807, 2.05) is 13.8 Å². The van der Waals surface area contributed by atoms with Crippen molar-refractivity contribution in [3.8, 4) is 5.75 Å². The highest BCUT2D eigenvalue weighted by Gasteiger charge is 2.42. The molecule has 0 radical (unpaired) electrons. The fourth-order valence-electron chi connectivity index (χ4n) is 2.69. The minimum atomic E-state index is -0.475. The zero-order valence-corrected chi connectivity index (χ0v) is 12.7. The van der Waals surface area contributed by atoms with Crippen LogP contribution in [-0.2, 0) is 9.53 Å². The number of nitrogens with two attached hydrogens (primary N) is 1. The number of esters is 1. The second-order valence-electron chi connectivity index (χ2n) is 5.69. The van der Waals surface area contributed by atoms with Gasteiger partial charge in [-0.3, -0.25) is 9.59 Å². The molecule has 1 aromatic carbocycles. The third kappa shape index (κ3) is 3.17. The lowest BCUT2D eigenvalue weighted by Gasteiger charge is -2.41. The largest absolute Gasteiger partial charge is 0.486 e. The molecule has 0 unspecified atom stereocenters. The van der Waals surface area contributed by atoms with Gasteiger partial charge in [0.05, 0.1) is 13.5 Å². The van der Waals surface area contributed by atoms with Crippen molar-refractivity contribution in [1.82, 2.24) is 0 Å². The van der Waals surface area contributed by atoms with Crippen LogP contribution in [0.3, 0.4) is 0 Å². The lowest BCUT2D eigenvalue weighted by atomic mass is 9.77. The Labute approximate surface area is 124 Å². The van der Waals surface area contributed by atoms with Crippen LogP contribution in [-0.4, -0.2) is 24.6 Å². The van der Waals surface area contributed by atoms with Crippen LogP contribution in [0, 0.1) is 13.8 Å². The van der Waals surface area contributed by atoms with E-state index in [2.05, 4.69) is 0 Å². The molecule has 0 heterocycles. The zero-order chi connectivity index (χ0) is 15.6. The molecule has 114 valence electrons. The Morgan fingerprint density at radius 2 is 1.81 bits per heavy atom. The van der Waals surface area contributed by atoms with Crippen molar-refractivity contribution in [2.45, 2.75) is 45.1 Å². The van der Waals surface area contributed by atoms with E-state index in [-0.39, 0.29) is 12.4 Å². The van der Waals surface area contributed by atoms with E-state index < -0.39 is 11.5 Å². The maximum atomic E-state index is 11.6. The van der Waals surface area contributed by atoms with E-state index in [4.69, 9.17) is 15.2 Å². The number of hydrogen-bond donors (Lipinski definition) is 1. The summed E-state index contributed by atoms with van der Waals surface area (Å²) in [6.45, 7) is 3.75. The number of benzene rings is 1. The summed E-state index contributed by atoms with van der Waals surface area (Å²) in [5, 5.41) is 0. The van der Waals surface area contributed by atoms with Gasteiger partial charge in [0.25, 0.3) is 0 Å². The van der Waals surface area contributed by atoms with E-state index in [9.17, 15) is 9.59 Å². The van der Waals surface area contributed by atoms with Crippen LogP contribution in [0.2, 0.25) is 0 Å². The minimum absolute atomic E-state index is 0.250. The first-order valence-electron chi connectivity index (χ1n) is 7.04. The van der Waals surface area contributed by atoms with Gasteiger partial charge in [0.15, 0.2) is 0 Å². The Kier molecular flexibility index (Phi) is 4.21. The Hall–Kier alpha value is -2.04. The molecule has 0 aliphatic heterocycles. The summed E-state index contributed by atoms with van der Waals surface area (Å²) in [4.78, 5) is 22.8. The number of aryl methyl sites for hydroxylation is 2. The van der Waals surface area contributed by atoms with Gasteiger partial charge >= 0.3 is 5.97 Å². The molecule has 0 saturated heterocycles. The molecule has 0 aromatic heterocycles. The van der Waals surface area contributed by atoms with Crippen molar-refractivity contribution in [2.75, 3.05) is 7.11 Å². The van der Waals surface area contributed by atoms with Crippen LogP contribution in [0.25, 0.3) is 0 Å². The van der Waals surface area contributed by atoms with Crippen LogP contribution in [0.5, 0.6) is 5.75 Å². The van der Waals surface area contributed by atoms with Crippen LogP contribution in [0.1, 0.15) is 47.2 Å². The van der Waals surface area contributed by atoms with Gasteiger partial charge in [-0.05, 0) is 56.4 Å². The van der Waals surface area contributed by atoms with Crippen molar-refractivity contribution >= 4 is 11.9 Å². The molecule has 1 aromatic rings. The van der Waals surface area contributed by atoms with E-state index in [0.29, 0.717) is 5.56 Å². The third-order valence-electron chi connectivity index (χ3n) is 4.02. The van der Waals surface area contributed by atoms with Gasteiger partial charge in [-0.15, -0.1) is 0 Å². The number of ether oxygens (including phenoxy) is 2. The molecule has 0 bridgehead atoms. The number of amides is 1. The van der Waals surface area contributed by atoms with Gasteiger partial charge in [-0.25, -0.2) is 0 Å². The first kappa shape index (κ1) is 15.4. The van der Waals surface area contributed by atoms with Gasteiger partial charge in [0.1, 0.15) is 11.4 Å². The average Bonchev–Trinajstić information content (AvgIpc) is 2.38. The van der Waals surface area contributed by atoms with E-state index in [0.717, 1.165) is 36.1 Å². The SMILES string of the molecule is COC(=O)CC1(Oc2c(C)cc(C(N)=O)cc2C)CCC1. The highest BCUT2D eigenvalue weighted by Crippen LogP contribution is 2.41. The molecule has 1 saturated carbocycles. The first-order chi connectivity index (χ1) is 9.87.